The number of nitrogens with zero attached hydrogens (tertiary/aromatic N) is 1. The van der Waals surface area contributed by atoms with Crippen molar-refractivity contribution in [3.63, 3.8) is 0 Å². The van der Waals surface area contributed by atoms with E-state index in [1.807, 2.05) is 6.92 Å². The van der Waals surface area contributed by atoms with Crippen LogP contribution in [0.3, 0.4) is 0 Å². The number of hydrogen-bond donors (Lipinski definition) is 0. The van der Waals surface area contributed by atoms with Crippen molar-refractivity contribution in [1.29, 1.82) is 0 Å². The van der Waals surface area contributed by atoms with Gasteiger partial charge in [-0.2, -0.15) is 0 Å². The Labute approximate surface area is 133 Å². The molecular formula is C15H13BrFNO4. The number of esters is 1. The van der Waals surface area contributed by atoms with E-state index in [1.165, 1.54) is 6.20 Å². The van der Waals surface area contributed by atoms with Gasteiger partial charge in [-0.25, -0.2) is 9.18 Å². The fraction of sp³-hybridized carbons (Fsp3) is 0.333. The molecule has 0 radical (unpaired) electrons. The van der Waals surface area contributed by atoms with Crippen molar-refractivity contribution in [2.24, 2.45) is 0 Å². The first-order valence-corrected chi connectivity index (χ1v) is 7.61. The molecule has 0 saturated heterocycles. The maximum atomic E-state index is 14.0. The molecule has 0 spiro atoms. The summed E-state index contributed by atoms with van der Waals surface area (Å²) in [5, 5.41) is 0.104. The highest BCUT2D eigenvalue weighted by Crippen LogP contribution is 2.39. The van der Waals surface area contributed by atoms with Crippen LogP contribution in [-0.4, -0.2) is 23.8 Å². The molecule has 0 fully saturated rings. The Hall–Kier alpha value is -1.89. The summed E-state index contributed by atoms with van der Waals surface area (Å²) in [5.41, 5.74) is -0.184. The third-order valence-corrected chi connectivity index (χ3v) is 4.34. The zero-order valence-corrected chi connectivity index (χ0v) is 13.6. The van der Waals surface area contributed by atoms with Gasteiger partial charge in [-0.05, 0) is 35.8 Å². The highest BCUT2D eigenvalue weighted by Gasteiger charge is 2.27. The summed E-state index contributed by atoms with van der Waals surface area (Å²) in [7, 11) is 0. The second-order valence-electron chi connectivity index (χ2n) is 5.06. The lowest BCUT2D eigenvalue weighted by molar-refractivity contribution is 0.0523. The maximum Gasteiger partial charge on any atom is 0.343 e. The summed E-state index contributed by atoms with van der Waals surface area (Å²) < 4.78 is 26.4. The molecule has 0 saturated carbocycles. The van der Waals surface area contributed by atoms with E-state index in [1.54, 1.807) is 11.5 Å². The number of ether oxygens (including phenoxy) is 2. The summed E-state index contributed by atoms with van der Waals surface area (Å²) in [6.45, 7) is 4.02. The predicted octanol–water partition coefficient (Wildman–Crippen LogP) is 3.03. The van der Waals surface area contributed by atoms with Gasteiger partial charge in [0.2, 0.25) is 5.43 Å². The van der Waals surface area contributed by atoms with Crippen LogP contribution in [0.25, 0.3) is 10.9 Å². The van der Waals surface area contributed by atoms with Gasteiger partial charge >= 0.3 is 5.97 Å². The first-order valence-electron chi connectivity index (χ1n) is 6.82. The zero-order chi connectivity index (χ0) is 16.0. The molecule has 1 unspecified atom stereocenters. The van der Waals surface area contributed by atoms with Gasteiger partial charge in [-0.3, -0.25) is 4.79 Å². The van der Waals surface area contributed by atoms with Crippen molar-refractivity contribution in [2.45, 2.75) is 19.9 Å². The Bertz CT molecular complexity index is 846. The van der Waals surface area contributed by atoms with Gasteiger partial charge in [-0.1, -0.05) is 0 Å². The van der Waals surface area contributed by atoms with Crippen LogP contribution in [0.1, 0.15) is 30.2 Å². The van der Waals surface area contributed by atoms with E-state index in [0.29, 0.717) is 12.1 Å². The zero-order valence-electron chi connectivity index (χ0n) is 12.0. The van der Waals surface area contributed by atoms with E-state index in [0.717, 1.165) is 6.07 Å². The summed E-state index contributed by atoms with van der Waals surface area (Å²) in [4.78, 5) is 24.5. The van der Waals surface area contributed by atoms with Gasteiger partial charge in [0.1, 0.15) is 18.0 Å². The molecule has 0 bridgehead atoms. The minimum absolute atomic E-state index is 0.0962. The lowest BCUT2D eigenvalue weighted by Gasteiger charge is -2.27. The van der Waals surface area contributed by atoms with Crippen LogP contribution in [0, 0.1) is 5.82 Å². The summed E-state index contributed by atoms with van der Waals surface area (Å²) >= 11 is 3.14. The number of rotatable bonds is 2. The Balaban J connectivity index is 2.42. The number of benzene rings is 1. The van der Waals surface area contributed by atoms with Crippen molar-refractivity contribution in [1.82, 2.24) is 4.57 Å². The highest BCUT2D eigenvalue weighted by atomic mass is 79.9. The van der Waals surface area contributed by atoms with Crippen LogP contribution < -0.4 is 10.2 Å². The molecular weight excluding hydrogens is 357 g/mol. The van der Waals surface area contributed by atoms with Gasteiger partial charge in [0, 0.05) is 6.20 Å². The fourth-order valence-electron chi connectivity index (χ4n) is 2.55. The van der Waals surface area contributed by atoms with Crippen molar-refractivity contribution in [3.05, 3.63) is 38.3 Å². The van der Waals surface area contributed by atoms with Crippen molar-refractivity contribution in [3.8, 4) is 5.75 Å². The SMILES string of the molecule is CCOC(=O)c1cn2c3c(c(Br)c(F)cc3c1=O)OCC2C. The van der Waals surface area contributed by atoms with Crippen LogP contribution in [-0.2, 0) is 4.74 Å². The molecule has 7 heteroatoms. The monoisotopic (exact) mass is 369 g/mol. The minimum atomic E-state index is -0.707. The molecule has 1 aliphatic heterocycles. The molecule has 1 aliphatic rings. The first-order chi connectivity index (χ1) is 10.5. The second kappa shape index (κ2) is 5.39. The van der Waals surface area contributed by atoms with E-state index >= 15 is 0 Å². The van der Waals surface area contributed by atoms with Gasteiger partial charge in [0.25, 0.3) is 0 Å². The quantitative estimate of drug-likeness (QED) is 0.763. The van der Waals surface area contributed by atoms with E-state index in [-0.39, 0.29) is 33.8 Å². The Morgan fingerprint density at radius 2 is 2.32 bits per heavy atom. The fourth-order valence-corrected chi connectivity index (χ4v) is 2.96. The van der Waals surface area contributed by atoms with Gasteiger partial charge in [0.15, 0.2) is 5.75 Å². The molecule has 116 valence electrons. The van der Waals surface area contributed by atoms with Gasteiger partial charge < -0.3 is 14.0 Å². The average Bonchev–Trinajstić information content (AvgIpc) is 2.48. The van der Waals surface area contributed by atoms with E-state index in [4.69, 9.17) is 9.47 Å². The molecule has 22 heavy (non-hydrogen) atoms. The van der Waals surface area contributed by atoms with Crippen molar-refractivity contribution in [2.75, 3.05) is 13.2 Å². The molecule has 1 atom stereocenters. The lowest BCUT2D eigenvalue weighted by atomic mass is 10.1. The number of carbonyl (C=O) groups is 1. The average molecular weight is 370 g/mol. The molecule has 0 N–H and O–H groups in total. The number of aromatic nitrogens is 1. The minimum Gasteiger partial charge on any atom is -0.488 e. The van der Waals surface area contributed by atoms with Crippen molar-refractivity contribution >= 4 is 32.8 Å². The third-order valence-electron chi connectivity index (χ3n) is 3.61. The topological polar surface area (TPSA) is 57.5 Å². The molecule has 0 aliphatic carbocycles. The predicted molar refractivity (Wildman–Crippen MR) is 82.0 cm³/mol. The van der Waals surface area contributed by atoms with E-state index in [2.05, 4.69) is 15.9 Å². The van der Waals surface area contributed by atoms with E-state index < -0.39 is 17.2 Å². The molecule has 2 heterocycles. The number of carbonyl (C=O) groups excluding carboxylic acids is 1. The molecule has 1 aromatic heterocycles. The van der Waals surface area contributed by atoms with Crippen LogP contribution in [0.5, 0.6) is 5.75 Å². The second-order valence-corrected chi connectivity index (χ2v) is 5.85. The van der Waals surface area contributed by atoms with E-state index in [9.17, 15) is 14.0 Å². The summed E-state index contributed by atoms with van der Waals surface area (Å²) in [6.07, 6.45) is 1.46. The standard InChI is InChI=1S/C15H13BrFNO4/c1-3-21-15(20)9-5-18-7(2)6-22-14-11(16)10(17)4-8(12(14)18)13(9)19/h4-5,7H,3,6H2,1-2H3. The van der Waals surface area contributed by atoms with Gasteiger partial charge in [0.05, 0.1) is 28.0 Å². The van der Waals surface area contributed by atoms with Gasteiger partial charge in [-0.15, -0.1) is 0 Å². The normalized spacial score (nSPS) is 16.5. The first kappa shape index (κ1) is 15.0. The molecule has 2 aromatic rings. The van der Waals surface area contributed by atoms with Crippen LogP contribution in [0.15, 0.2) is 21.5 Å². The molecule has 0 amide bonds. The maximum absolute atomic E-state index is 14.0. The lowest BCUT2D eigenvalue weighted by Crippen LogP contribution is -2.27. The molecule has 3 rings (SSSR count). The highest BCUT2D eigenvalue weighted by molar-refractivity contribution is 9.10. The number of pyridine rings is 1. The largest absolute Gasteiger partial charge is 0.488 e. The van der Waals surface area contributed by atoms with Crippen LogP contribution in [0.4, 0.5) is 4.39 Å². The molecule has 1 aromatic carbocycles. The van der Waals surface area contributed by atoms with Crippen LogP contribution in [0.2, 0.25) is 0 Å². The third kappa shape index (κ3) is 2.11. The summed E-state index contributed by atoms with van der Waals surface area (Å²) in [5.74, 6) is -1.04. The summed E-state index contributed by atoms with van der Waals surface area (Å²) in [6, 6.07) is 1.02. The number of halogens is 2. The van der Waals surface area contributed by atoms with Crippen LogP contribution >= 0.6 is 15.9 Å². The Morgan fingerprint density at radius 1 is 1.59 bits per heavy atom. The number of hydrogen-bond acceptors (Lipinski definition) is 4. The Kier molecular flexibility index (Phi) is 3.68. The Morgan fingerprint density at radius 3 is 3.00 bits per heavy atom. The smallest absolute Gasteiger partial charge is 0.343 e. The molecule has 5 nitrogen and oxygen atoms in total. The van der Waals surface area contributed by atoms with Crippen molar-refractivity contribution < 1.29 is 18.7 Å².